The minimum Gasteiger partial charge on any atom is -0.497 e. The highest BCUT2D eigenvalue weighted by Gasteiger charge is 2.41. The lowest BCUT2D eigenvalue weighted by atomic mass is 9.87. The highest BCUT2D eigenvalue weighted by molar-refractivity contribution is 6.00. The number of hydrogen-bond acceptors (Lipinski definition) is 5. The molecule has 1 atom stereocenters. The Morgan fingerprint density at radius 1 is 1.16 bits per heavy atom. The van der Waals surface area contributed by atoms with Crippen LogP contribution in [0.5, 0.6) is 5.75 Å². The Balaban J connectivity index is 1.35. The van der Waals surface area contributed by atoms with E-state index in [1.54, 1.807) is 18.2 Å². The second kappa shape index (κ2) is 10.6. The molecule has 0 saturated carbocycles. The van der Waals surface area contributed by atoms with Crippen LogP contribution in [0, 0.1) is 30.9 Å². The van der Waals surface area contributed by atoms with Crippen LogP contribution in [-0.4, -0.2) is 63.1 Å². The van der Waals surface area contributed by atoms with E-state index in [-0.39, 0.29) is 54.1 Å². The highest BCUT2D eigenvalue weighted by Crippen LogP contribution is 2.42. The Hall–Kier alpha value is -4.50. The Labute approximate surface area is 243 Å². The maximum atomic E-state index is 14.5. The van der Waals surface area contributed by atoms with Crippen molar-refractivity contribution in [3.05, 3.63) is 81.7 Å². The molecule has 1 aliphatic carbocycles. The van der Waals surface area contributed by atoms with Gasteiger partial charge in [0.15, 0.2) is 23.0 Å². The van der Waals surface area contributed by atoms with E-state index in [9.17, 15) is 26.7 Å². The fourth-order valence-electron chi connectivity index (χ4n) is 5.95. The van der Waals surface area contributed by atoms with Gasteiger partial charge in [-0.05, 0) is 60.7 Å². The third-order valence-corrected chi connectivity index (χ3v) is 8.22. The lowest BCUT2D eigenvalue weighted by Crippen LogP contribution is -2.54. The molecule has 0 spiro atoms. The van der Waals surface area contributed by atoms with Crippen molar-refractivity contribution in [1.29, 1.82) is 0 Å². The number of piperazine rings is 1. The van der Waals surface area contributed by atoms with Gasteiger partial charge in [0.25, 0.3) is 5.91 Å². The number of benzene rings is 2. The number of carbonyl (C=O) groups excluding carboxylic acids is 1. The van der Waals surface area contributed by atoms with Crippen molar-refractivity contribution in [2.75, 3.05) is 26.7 Å². The third kappa shape index (κ3) is 4.87. The number of carbonyl (C=O) groups is 1. The van der Waals surface area contributed by atoms with Crippen LogP contribution in [0.4, 0.5) is 22.0 Å². The third-order valence-electron chi connectivity index (χ3n) is 8.22. The second-order valence-electron chi connectivity index (χ2n) is 10.7. The number of hydrogen-bond donors (Lipinski definition) is 0. The predicted molar refractivity (Wildman–Crippen MR) is 147 cm³/mol. The van der Waals surface area contributed by atoms with Gasteiger partial charge in [-0.1, -0.05) is 12.0 Å². The molecule has 1 fully saturated rings. The van der Waals surface area contributed by atoms with Crippen molar-refractivity contribution >= 4 is 11.6 Å². The number of terminal acetylenes is 1. The molecule has 0 unspecified atom stereocenters. The number of methoxy groups -OCH3 is 1. The van der Waals surface area contributed by atoms with Gasteiger partial charge in [0.1, 0.15) is 17.4 Å². The van der Waals surface area contributed by atoms with Gasteiger partial charge in [0.2, 0.25) is 0 Å². The number of fused-ring (bicyclic) bond motifs is 4. The summed E-state index contributed by atoms with van der Waals surface area (Å²) in [5.74, 6) is 0.741. The predicted octanol–water partition coefficient (Wildman–Crippen LogP) is 5.07. The zero-order valence-corrected chi connectivity index (χ0v) is 23.3. The standard InChI is InChI=1S/C31H26F5N5O2/c1-4-20-16-39(15-19-6-10-25(32)26(33)17(19)2)11-12-40(20)30(42)24-14-37-41-28(31(34,35)36)23-8-5-18-13-21(43-3)7-9-22(18)27(23)38-29(24)41/h1,6-7,9-10,13-14,20H,5,8,11-12,15-16H2,2-3H3/t20-/m1/s1. The Bertz CT molecular complexity index is 1810. The lowest BCUT2D eigenvalue weighted by Gasteiger charge is -2.39. The van der Waals surface area contributed by atoms with Gasteiger partial charge < -0.3 is 9.64 Å². The minimum absolute atomic E-state index is 0.0161. The van der Waals surface area contributed by atoms with Gasteiger partial charge in [-0.2, -0.15) is 18.3 Å². The van der Waals surface area contributed by atoms with Crippen molar-refractivity contribution in [3.8, 4) is 29.4 Å². The largest absolute Gasteiger partial charge is 0.497 e. The maximum absolute atomic E-state index is 14.5. The van der Waals surface area contributed by atoms with Gasteiger partial charge in [-0.3, -0.25) is 9.69 Å². The van der Waals surface area contributed by atoms with Crippen LogP contribution in [-0.2, 0) is 25.6 Å². The number of ether oxygens (including phenoxy) is 1. The molecule has 2 aliphatic rings. The fourth-order valence-corrected chi connectivity index (χ4v) is 5.95. The van der Waals surface area contributed by atoms with Crippen LogP contribution in [0.1, 0.15) is 38.3 Å². The van der Waals surface area contributed by atoms with Crippen molar-refractivity contribution in [2.45, 2.75) is 38.5 Å². The summed E-state index contributed by atoms with van der Waals surface area (Å²) in [6.45, 7) is 2.52. The van der Waals surface area contributed by atoms with Crippen molar-refractivity contribution in [2.24, 2.45) is 0 Å². The molecule has 43 heavy (non-hydrogen) atoms. The zero-order valence-electron chi connectivity index (χ0n) is 23.3. The Kier molecular flexibility index (Phi) is 7.08. The van der Waals surface area contributed by atoms with Gasteiger partial charge in [-0.15, -0.1) is 6.42 Å². The number of alkyl halides is 3. The molecule has 6 rings (SSSR count). The van der Waals surface area contributed by atoms with Crippen molar-refractivity contribution in [3.63, 3.8) is 0 Å². The molecule has 4 aromatic rings. The molecule has 7 nitrogen and oxygen atoms in total. The molecule has 1 amide bonds. The summed E-state index contributed by atoms with van der Waals surface area (Å²) < 4.78 is 77.2. The van der Waals surface area contributed by atoms with Gasteiger partial charge in [0.05, 0.1) is 19.0 Å². The van der Waals surface area contributed by atoms with Crippen LogP contribution in [0.25, 0.3) is 16.9 Å². The van der Waals surface area contributed by atoms with Gasteiger partial charge in [0, 0.05) is 37.3 Å². The van der Waals surface area contributed by atoms with E-state index < -0.39 is 35.5 Å². The summed E-state index contributed by atoms with van der Waals surface area (Å²) in [6.07, 6.45) is 2.60. The first-order valence-electron chi connectivity index (χ1n) is 13.6. The summed E-state index contributed by atoms with van der Waals surface area (Å²) >= 11 is 0. The molecule has 0 radical (unpaired) electrons. The lowest BCUT2D eigenvalue weighted by molar-refractivity contribution is -0.143. The van der Waals surface area contributed by atoms with E-state index in [1.807, 2.05) is 4.90 Å². The van der Waals surface area contributed by atoms with Crippen molar-refractivity contribution < 1.29 is 31.5 Å². The second-order valence-corrected chi connectivity index (χ2v) is 10.7. The number of aromatic nitrogens is 3. The summed E-state index contributed by atoms with van der Waals surface area (Å²) in [5.41, 5.74) is 1.01. The summed E-state index contributed by atoms with van der Waals surface area (Å²) in [5, 5.41) is 3.98. The number of nitrogens with zero attached hydrogens (tertiary/aromatic N) is 5. The van der Waals surface area contributed by atoms with E-state index in [0.29, 0.717) is 34.4 Å². The minimum atomic E-state index is -4.76. The van der Waals surface area contributed by atoms with Crippen molar-refractivity contribution in [1.82, 2.24) is 24.4 Å². The van der Waals surface area contributed by atoms with E-state index >= 15 is 0 Å². The molecular formula is C31H26F5N5O2. The summed E-state index contributed by atoms with van der Waals surface area (Å²) in [6, 6.07) is 6.96. The Morgan fingerprint density at radius 2 is 1.95 bits per heavy atom. The molecule has 2 aromatic heterocycles. The summed E-state index contributed by atoms with van der Waals surface area (Å²) in [7, 11) is 1.51. The molecular weight excluding hydrogens is 569 g/mol. The molecule has 1 aliphatic heterocycles. The first-order chi connectivity index (χ1) is 20.5. The number of aryl methyl sites for hydroxylation is 1. The topological polar surface area (TPSA) is 63.0 Å². The Morgan fingerprint density at radius 3 is 2.67 bits per heavy atom. The summed E-state index contributed by atoms with van der Waals surface area (Å²) in [4.78, 5) is 21.8. The van der Waals surface area contributed by atoms with Gasteiger partial charge >= 0.3 is 6.18 Å². The first-order valence-corrected chi connectivity index (χ1v) is 13.6. The average Bonchev–Trinajstić information content (AvgIpc) is 3.42. The smallest absolute Gasteiger partial charge is 0.433 e. The molecule has 12 heteroatoms. The van der Waals surface area contributed by atoms with Crippen LogP contribution in [0.3, 0.4) is 0 Å². The zero-order chi connectivity index (χ0) is 30.6. The SMILES string of the molecule is C#C[C@@H]1CN(Cc2ccc(F)c(F)c2C)CCN1C(=O)c1cnn2c(C(F)(F)F)c3c(nc12)-c1ccc(OC)cc1CC3. The van der Waals surface area contributed by atoms with E-state index in [2.05, 4.69) is 16.0 Å². The monoisotopic (exact) mass is 595 g/mol. The fraction of sp³-hybridized carbons (Fsp3) is 0.323. The normalized spacial score (nSPS) is 17.0. The van der Waals surface area contributed by atoms with Crippen LogP contribution >= 0.6 is 0 Å². The average molecular weight is 596 g/mol. The molecule has 2 aromatic carbocycles. The molecule has 1 saturated heterocycles. The van der Waals surface area contributed by atoms with E-state index in [0.717, 1.165) is 17.8 Å². The number of amides is 1. The highest BCUT2D eigenvalue weighted by atomic mass is 19.4. The number of rotatable bonds is 4. The van der Waals surface area contributed by atoms with Gasteiger partial charge in [-0.25, -0.2) is 18.3 Å². The van der Waals surface area contributed by atoms with E-state index in [1.165, 1.54) is 25.0 Å². The maximum Gasteiger partial charge on any atom is 0.433 e. The quantitative estimate of drug-likeness (QED) is 0.244. The van der Waals surface area contributed by atoms with Crippen LogP contribution in [0.15, 0.2) is 36.5 Å². The number of halogens is 5. The molecule has 0 bridgehead atoms. The first kappa shape index (κ1) is 28.6. The molecule has 0 N–H and O–H groups in total. The molecule has 222 valence electrons. The van der Waals surface area contributed by atoms with Crippen LogP contribution < -0.4 is 4.74 Å². The van der Waals surface area contributed by atoms with E-state index in [4.69, 9.17) is 11.2 Å². The van der Waals surface area contributed by atoms with Crippen LogP contribution in [0.2, 0.25) is 0 Å². The molecule has 3 heterocycles.